The highest BCUT2D eigenvalue weighted by Gasteiger charge is 2.24. The van der Waals surface area contributed by atoms with Gasteiger partial charge in [0.1, 0.15) is 11.1 Å². The van der Waals surface area contributed by atoms with Gasteiger partial charge >= 0.3 is 0 Å². The maximum atomic E-state index is 6.07. The number of hydrogen-bond donors (Lipinski definition) is 0. The van der Waals surface area contributed by atoms with E-state index in [0.29, 0.717) is 0 Å². The molecule has 0 aliphatic carbocycles. The first-order valence-electron chi connectivity index (χ1n) is 7.15. The molecule has 0 unspecified atom stereocenters. The van der Waals surface area contributed by atoms with Gasteiger partial charge < -0.3 is 4.42 Å². The third-order valence-corrected chi connectivity index (χ3v) is 4.67. The summed E-state index contributed by atoms with van der Waals surface area (Å²) in [5, 5.41) is 5.12. The Morgan fingerprint density at radius 1 is 0.905 bits per heavy atom. The number of aromatic nitrogens is 2. The molecule has 6 rings (SSSR count). The molecular formula is C18H11N2O+. The van der Waals surface area contributed by atoms with Crippen LogP contribution in [0.15, 0.2) is 59.3 Å². The van der Waals surface area contributed by atoms with E-state index >= 15 is 0 Å². The molecule has 4 heterocycles. The van der Waals surface area contributed by atoms with Crippen molar-refractivity contribution in [3.63, 3.8) is 0 Å². The van der Waals surface area contributed by atoms with Gasteiger partial charge in [-0.3, -0.25) is 4.57 Å². The van der Waals surface area contributed by atoms with Gasteiger partial charge in [0.25, 0.3) is 0 Å². The second-order valence-electron chi connectivity index (χ2n) is 5.76. The SMILES string of the molecule is c1cc2oc3ccc4ccc5cc[n+]6c5c4c3c2n(c1)C6. The Morgan fingerprint density at radius 3 is 2.81 bits per heavy atom. The quantitative estimate of drug-likeness (QED) is 0.385. The van der Waals surface area contributed by atoms with E-state index in [1.807, 2.05) is 0 Å². The van der Waals surface area contributed by atoms with E-state index in [1.54, 1.807) is 0 Å². The van der Waals surface area contributed by atoms with E-state index in [-0.39, 0.29) is 0 Å². The molecule has 0 fully saturated rings. The van der Waals surface area contributed by atoms with Crippen molar-refractivity contribution in [2.45, 2.75) is 6.67 Å². The highest BCUT2D eigenvalue weighted by Crippen LogP contribution is 2.38. The Bertz CT molecular complexity index is 1210. The fourth-order valence-corrected chi connectivity index (χ4v) is 3.80. The summed E-state index contributed by atoms with van der Waals surface area (Å²) in [5.74, 6) is 0. The molecule has 3 nitrogen and oxygen atoms in total. The molecule has 0 radical (unpaired) electrons. The monoisotopic (exact) mass is 271 g/mol. The van der Waals surface area contributed by atoms with Crippen molar-refractivity contribution in [1.29, 1.82) is 0 Å². The van der Waals surface area contributed by atoms with E-state index in [1.165, 1.54) is 32.6 Å². The number of benzene rings is 2. The van der Waals surface area contributed by atoms with Crippen LogP contribution in [0.3, 0.4) is 0 Å². The van der Waals surface area contributed by atoms with Crippen LogP contribution in [-0.4, -0.2) is 4.57 Å². The molecule has 2 aromatic carbocycles. The molecular weight excluding hydrogens is 260 g/mol. The molecule has 0 amide bonds. The molecule has 0 bridgehead atoms. The molecule has 0 saturated heterocycles. The molecule has 1 aliphatic rings. The topological polar surface area (TPSA) is 21.9 Å². The van der Waals surface area contributed by atoms with Crippen molar-refractivity contribution in [3.8, 4) is 0 Å². The molecule has 0 N–H and O–H groups in total. The summed E-state index contributed by atoms with van der Waals surface area (Å²) in [6, 6.07) is 15.0. The summed E-state index contributed by atoms with van der Waals surface area (Å²) in [6.45, 7) is 0.823. The summed E-state index contributed by atoms with van der Waals surface area (Å²) in [4.78, 5) is 0. The van der Waals surface area contributed by atoms with Crippen LogP contribution in [0.25, 0.3) is 43.7 Å². The zero-order valence-corrected chi connectivity index (χ0v) is 11.2. The molecule has 5 aromatic rings. The molecule has 1 aliphatic heterocycles. The van der Waals surface area contributed by atoms with Crippen molar-refractivity contribution in [2.75, 3.05) is 0 Å². The van der Waals surface area contributed by atoms with Crippen molar-refractivity contribution in [1.82, 2.24) is 4.57 Å². The lowest BCUT2D eigenvalue weighted by Crippen LogP contribution is -2.35. The van der Waals surface area contributed by atoms with Crippen LogP contribution in [0.5, 0.6) is 0 Å². The van der Waals surface area contributed by atoms with Crippen molar-refractivity contribution < 1.29 is 8.98 Å². The molecule has 3 aromatic heterocycles. The second kappa shape index (κ2) is 3.09. The average molecular weight is 271 g/mol. The summed E-state index contributed by atoms with van der Waals surface area (Å²) < 4.78 is 10.7. The number of hydrogen-bond acceptors (Lipinski definition) is 1. The third-order valence-electron chi connectivity index (χ3n) is 4.67. The van der Waals surface area contributed by atoms with Gasteiger partial charge in [-0.05, 0) is 29.7 Å². The van der Waals surface area contributed by atoms with Gasteiger partial charge in [0.2, 0.25) is 12.2 Å². The zero-order chi connectivity index (χ0) is 13.6. The van der Waals surface area contributed by atoms with Crippen LogP contribution in [-0.2, 0) is 6.67 Å². The minimum atomic E-state index is 0.823. The molecule has 98 valence electrons. The second-order valence-corrected chi connectivity index (χ2v) is 5.76. The fraction of sp³-hybridized carbons (Fsp3) is 0.0556. The minimum absolute atomic E-state index is 0.823. The predicted molar refractivity (Wildman–Crippen MR) is 82.3 cm³/mol. The largest absolute Gasteiger partial charge is 0.454 e. The van der Waals surface area contributed by atoms with Crippen LogP contribution in [0.2, 0.25) is 0 Å². The Morgan fingerprint density at radius 2 is 1.81 bits per heavy atom. The maximum Gasteiger partial charge on any atom is 0.228 e. The van der Waals surface area contributed by atoms with E-state index in [4.69, 9.17) is 4.42 Å². The Kier molecular flexibility index (Phi) is 1.47. The van der Waals surface area contributed by atoms with Crippen LogP contribution >= 0.6 is 0 Å². The minimum Gasteiger partial charge on any atom is -0.454 e. The highest BCUT2D eigenvalue weighted by atomic mass is 16.3. The number of furan rings is 1. The van der Waals surface area contributed by atoms with E-state index in [9.17, 15) is 0 Å². The summed E-state index contributed by atoms with van der Waals surface area (Å²) >= 11 is 0. The Balaban J connectivity index is 2.13. The lowest BCUT2D eigenvalue weighted by atomic mass is 10.0. The molecule has 0 atom stereocenters. The summed E-state index contributed by atoms with van der Waals surface area (Å²) in [6.07, 6.45) is 4.31. The van der Waals surface area contributed by atoms with Crippen molar-refractivity contribution >= 4 is 43.7 Å². The number of rotatable bonds is 0. The van der Waals surface area contributed by atoms with Gasteiger partial charge in [-0.25, -0.2) is 0 Å². The third kappa shape index (κ3) is 1.03. The molecule has 0 spiro atoms. The van der Waals surface area contributed by atoms with Gasteiger partial charge in [0.15, 0.2) is 11.8 Å². The van der Waals surface area contributed by atoms with Crippen LogP contribution < -0.4 is 4.57 Å². The van der Waals surface area contributed by atoms with Crippen LogP contribution in [0, 0.1) is 0 Å². The van der Waals surface area contributed by atoms with Gasteiger partial charge in [0, 0.05) is 12.3 Å². The van der Waals surface area contributed by atoms with Crippen molar-refractivity contribution in [2.24, 2.45) is 0 Å². The Labute approximate surface area is 119 Å². The van der Waals surface area contributed by atoms with Crippen molar-refractivity contribution in [3.05, 3.63) is 54.9 Å². The van der Waals surface area contributed by atoms with E-state index < -0.39 is 0 Å². The highest BCUT2D eigenvalue weighted by molar-refractivity contribution is 6.24. The average Bonchev–Trinajstić information content (AvgIpc) is 3.04. The summed E-state index contributed by atoms with van der Waals surface area (Å²) in [7, 11) is 0. The van der Waals surface area contributed by atoms with Gasteiger partial charge in [0.05, 0.1) is 16.2 Å². The van der Waals surface area contributed by atoms with Gasteiger partial charge in [-0.1, -0.05) is 12.1 Å². The van der Waals surface area contributed by atoms with E-state index in [2.05, 4.69) is 64.0 Å². The predicted octanol–water partition coefficient (Wildman–Crippen LogP) is 3.80. The van der Waals surface area contributed by atoms with Gasteiger partial charge in [-0.2, -0.15) is 4.57 Å². The number of nitrogens with zero attached hydrogens (tertiary/aromatic N) is 2. The fourth-order valence-electron chi connectivity index (χ4n) is 3.80. The lowest BCUT2D eigenvalue weighted by Gasteiger charge is -2.01. The lowest BCUT2D eigenvalue weighted by molar-refractivity contribution is -0.672. The standard InChI is InChI=1S/C18H11N2O/c1-2-14-18-16-13(21-14)6-5-11-3-4-12-7-9-20(10-19(18)8-1)17(12)15(11)16/h1-9H,10H2/q+1. The van der Waals surface area contributed by atoms with E-state index in [0.717, 1.165) is 17.8 Å². The first kappa shape index (κ1) is 10.00. The Hall–Kier alpha value is -2.81. The maximum absolute atomic E-state index is 6.07. The molecule has 3 heteroatoms. The smallest absolute Gasteiger partial charge is 0.228 e. The first-order chi connectivity index (χ1) is 10.4. The van der Waals surface area contributed by atoms with Crippen LogP contribution in [0.4, 0.5) is 0 Å². The normalized spacial score (nSPS) is 13.5. The molecule has 21 heavy (non-hydrogen) atoms. The van der Waals surface area contributed by atoms with Gasteiger partial charge in [-0.15, -0.1) is 0 Å². The van der Waals surface area contributed by atoms with Crippen LogP contribution in [0.1, 0.15) is 0 Å². The summed E-state index contributed by atoms with van der Waals surface area (Å²) in [5.41, 5.74) is 4.45. The molecule has 0 saturated carbocycles. The first-order valence-corrected chi connectivity index (χ1v) is 7.15. The number of pyridine rings is 1. The zero-order valence-electron chi connectivity index (χ0n) is 11.2.